The summed E-state index contributed by atoms with van der Waals surface area (Å²) in [6.07, 6.45) is -2.75. The van der Waals surface area contributed by atoms with Crippen molar-refractivity contribution in [3.63, 3.8) is 0 Å². The van der Waals surface area contributed by atoms with Gasteiger partial charge < -0.3 is 20.5 Å². The third-order valence-electron chi connectivity index (χ3n) is 7.44. The van der Waals surface area contributed by atoms with Crippen molar-refractivity contribution in [1.82, 2.24) is 40.5 Å². The van der Waals surface area contributed by atoms with Gasteiger partial charge >= 0.3 is 12.1 Å². The number of carboxylic acid groups (broad SMARTS) is 1. The summed E-state index contributed by atoms with van der Waals surface area (Å²) in [5, 5.41) is 25.8. The van der Waals surface area contributed by atoms with Crippen LogP contribution in [0.5, 0.6) is 0 Å². The summed E-state index contributed by atoms with van der Waals surface area (Å²) < 4.78 is 78.4. The molecule has 3 aromatic rings. The second-order valence-corrected chi connectivity index (χ2v) is 10.3. The lowest BCUT2D eigenvalue weighted by Crippen LogP contribution is -2.60. The van der Waals surface area contributed by atoms with Crippen LogP contribution in [0.4, 0.5) is 22.0 Å². The van der Waals surface area contributed by atoms with Crippen molar-refractivity contribution in [2.75, 3.05) is 19.8 Å². The highest BCUT2D eigenvalue weighted by Gasteiger charge is 2.49. The SMILES string of the molecule is Cc1nonc1C(=O)N[C@H](c1cn2ncc(C3(NCC(C(=O)O)C(F)(F)F)COC3)nc2n1)C1CCC(F)(F)CC1. The average molecular weight is 588 g/mol. The summed E-state index contributed by atoms with van der Waals surface area (Å²) in [5.41, 5.74) is -0.637. The lowest BCUT2D eigenvalue weighted by molar-refractivity contribution is -0.195. The Bertz CT molecular complexity index is 1430. The Morgan fingerprint density at radius 3 is 2.46 bits per heavy atom. The number of aliphatic carboxylic acids is 1. The molecule has 3 aromatic heterocycles. The molecule has 18 heteroatoms. The van der Waals surface area contributed by atoms with Crippen molar-refractivity contribution < 1.29 is 46.0 Å². The predicted molar refractivity (Wildman–Crippen MR) is 125 cm³/mol. The molecule has 5 rings (SSSR count). The Kier molecular flexibility index (Phi) is 7.39. The van der Waals surface area contributed by atoms with Gasteiger partial charge in [0.2, 0.25) is 5.92 Å². The number of nitrogens with zero attached hydrogens (tertiary/aromatic N) is 6. The zero-order chi connectivity index (χ0) is 29.6. The Labute approximate surface area is 227 Å². The molecule has 1 saturated carbocycles. The molecule has 3 N–H and O–H groups in total. The van der Waals surface area contributed by atoms with Crippen LogP contribution >= 0.6 is 0 Å². The normalized spacial score (nSPS) is 20.3. The van der Waals surface area contributed by atoms with Gasteiger partial charge in [0, 0.05) is 19.4 Å². The zero-order valence-corrected chi connectivity index (χ0v) is 21.5. The van der Waals surface area contributed by atoms with E-state index in [4.69, 9.17) is 9.84 Å². The summed E-state index contributed by atoms with van der Waals surface area (Å²) in [7, 11) is 0. The van der Waals surface area contributed by atoms with E-state index in [-0.39, 0.29) is 67.5 Å². The van der Waals surface area contributed by atoms with Crippen molar-refractivity contribution in [1.29, 1.82) is 0 Å². The van der Waals surface area contributed by atoms with Gasteiger partial charge in [0.25, 0.3) is 11.7 Å². The number of aryl methyl sites for hydroxylation is 1. The predicted octanol–water partition coefficient (Wildman–Crippen LogP) is 2.19. The van der Waals surface area contributed by atoms with Gasteiger partial charge in [-0.2, -0.15) is 18.3 Å². The second-order valence-electron chi connectivity index (χ2n) is 10.3. The van der Waals surface area contributed by atoms with E-state index in [1.807, 2.05) is 0 Å². The van der Waals surface area contributed by atoms with Crippen LogP contribution in [0.25, 0.3) is 5.78 Å². The lowest BCUT2D eigenvalue weighted by atomic mass is 9.81. The number of hydrogen-bond donors (Lipinski definition) is 3. The highest BCUT2D eigenvalue weighted by atomic mass is 19.4. The van der Waals surface area contributed by atoms with E-state index in [9.17, 15) is 31.5 Å². The third kappa shape index (κ3) is 5.83. The molecule has 0 spiro atoms. The first-order valence-corrected chi connectivity index (χ1v) is 12.6. The van der Waals surface area contributed by atoms with Crippen LogP contribution in [0.2, 0.25) is 0 Å². The molecule has 1 saturated heterocycles. The van der Waals surface area contributed by atoms with E-state index < -0.39 is 53.9 Å². The van der Waals surface area contributed by atoms with E-state index >= 15 is 0 Å². The number of fused-ring (bicyclic) bond motifs is 1. The van der Waals surface area contributed by atoms with Crippen molar-refractivity contribution in [2.45, 2.75) is 56.3 Å². The van der Waals surface area contributed by atoms with Crippen LogP contribution in [-0.2, 0) is 15.1 Å². The minimum absolute atomic E-state index is 0.0239. The number of alkyl halides is 5. The van der Waals surface area contributed by atoms with Crippen molar-refractivity contribution in [3.8, 4) is 0 Å². The number of amides is 1. The molecule has 4 heterocycles. The number of halogens is 5. The maximum absolute atomic E-state index is 13.9. The summed E-state index contributed by atoms with van der Waals surface area (Å²) in [6.45, 7) is 0.417. The molecule has 1 unspecified atom stereocenters. The fourth-order valence-electron chi connectivity index (χ4n) is 4.94. The van der Waals surface area contributed by atoms with Gasteiger partial charge in [-0.25, -0.2) is 27.9 Å². The van der Waals surface area contributed by atoms with Crippen LogP contribution in [0.15, 0.2) is 17.0 Å². The van der Waals surface area contributed by atoms with E-state index in [1.54, 1.807) is 0 Å². The molecule has 13 nitrogen and oxygen atoms in total. The maximum atomic E-state index is 13.9. The quantitative estimate of drug-likeness (QED) is 0.313. The average Bonchev–Trinajstić information content (AvgIpc) is 3.49. The molecule has 0 radical (unpaired) electrons. The van der Waals surface area contributed by atoms with E-state index in [0.717, 1.165) is 0 Å². The number of aromatic nitrogens is 6. The summed E-state index contributed by atoms with van der Waals surface area (Å²) in [4.78, 5) is 33.0. The molecule has 0 aromatic carbocycles. The number of nitrogens with one attached hydrogen (secondary N) is 2. The maximum Gasteiger partial charge on any atom is 0.403 e. The number of hydrogen-bond acceptors (Lipinski definition) is 10. The molecule has 41 heavy (non-hydrogen) atoms. The molecule has 2 aliphatic rings. The molecule has 1 aliphatic carbocycles. The monoisotopic (exact) mass is 588 g/mol. The fraction of sp³-hybridized carbons (Fsp3) is 0.609. The highest BCUT2D eigenvalue weighted by Crippen LogP contribution is 2.41. The van der Waals surface area contributed by atoms with Gasteiger partial charge in [-0.15, -0.1) is 0 Å². The number of rotatable bonds is 9. The van der Waals surface area contributed by atoms with Crippen molar-refractivity contribution in [2.24, 2.45) is 11.8 Å². The molecule has 1 aliphatic heterocycles. The first kappa shape index (κ1) is 28.7. The fourth-order valence-corrected chi connectivity index (χ4v) is 4.94. The molecular weight excluding hydrogens is 563 g/mol. The van der Waals surface area contributed by atoms with Crippen molar-refractivity contribution >= 4 is 17.7 Å². The number of imidazole rings is 1. The van der Waals surface area contributed by atoms with Gasteiger partial charge in [-0.05, 0) is 30.8 Å². The van der Waals surface area contributed by atoms with Crippen LogP contribution in [0, 0.1) is 18.8 Å². The topological polar surface area (TPSA) is 170 Å². The largest absolute Gasteiger partial charge is 0.481 e. The van der Waals surface area contributed by atoms with Gasteiger partial charge in [0.1, 0.15) is 11.2 Å². The minimum Gasteiger partial charge on any atom is -0.481 e. The third-order valence-corrected chi connectivity index (χ3v) is 7.44. The number of ether oxygens (including phenoxy) is 1. The number of carbonyl (C=O) groups is 2. The van der Waals surface area contributed by atoms with Crippen molar-refractivity contribution in [3.05, 3.63) is 35.2 Å². The van der Waals surface area contributed by atoms with Crippen LogP contribution in [0.1, 0.15) is 59.3 Å². The van der Waals surface area contributed by atoms with Crippen LogP contribution in [-0.4, -0.2) is 78.7 Å². The van der Waals surface area contributed by atoms with E-state index in [2.05, 4.69) is 40.6 Å². The van der Waals surface area contributed by atoms with E-state index in [1.165, 1.54) is 23.8 Å². The zero-order valence-electron chi connectivity index (χ0n) is 21.5. The van der Waals surface area contributed by atoms with Gasteiger partial charge in [-0.1, -0.05) is 5.16 Å². The van der Waals surface area contributed by atoms with Crippen LogP contribution < -0.4 is 10.6 Å². The Balaban J connectivity index is 1.42. The van der Waals surface area contributed by atoms with Gasteiger partial charge in [-0.3, -0.25) is 9.59 Å². The summed E-state index contributed by atoms with van der Waals surface area (Å²) in [6, 6.07) is -0.830. The standard InChI is InChI=1S/C23H25F5N8O5/c1-11-16(35-41-34-11)18(37)33-17(12-2-4-22(24,25)5-3-12)14-8-36-20(31-14)32-15(7-30-36)21(9-40-10-21)29-6-13(19(38)39)23(26,27)28/h7-8,12-13,17,29H,2-6,9-10H2,1H3,(H,33,37)(H,38,39)/t13?,17-/m0/s1. The summed E-state index contributed by atoms with van der Waals surface area (Å²) >= 11 is 0. The molecule has 2 fully saturated rings. The highest BCUT2D eigenvalue weighted by molar-refractivity contribution is 5.93. The van der Waals surface area contributed by atoms with Gasteiger partial charge in [0.15, 0.2) is 11.6 Å². The number of carboxylic acids is 1. The molecule has 0 bridgehead atoms. The lowest BCUT2D eigenvalue weighted by Gasteiger charge is -2.42. The Morgan fingerprint density at radius 1 is 1.20 bits per heavy atom. The van der Waals surface area contributed by atoms with Crippen LogP contribution in [0.3, 0.4) is 0 Å². The first-order chi connectivity index (χ1) is 19.3. The first-order valence-electron chi connectivity index (χ1n) is 12.6. The minimum atomic E-state index is -4.97. The Morgan fingerprint density at radius 2 is 1.90 bits per heavy atom. The van der Waals surface area contributed by atoms with Gasteiger partial charge in [0.05, 0.1) is 43.0 Å². The summed E-state index contributed by atoms with van der Waals surface area (Å²) in [5.74, 6) is -8.51. The van der Waals surface area contributed by atoms with E-state index in [0.29, 0.717) is 0 Å². The molecular formula is C23H25F5N8O5. The molecule has 2 atom stereocenters. The number of carbonyl (C=O) groups excluding carboxylic acids is 1. The Hall–Kier alpha value is -3.80. The second kappa shape index (κ2) is 10.6. The molecule has 1 amide bonds. The smallest absolute Gasteiger partial charge is 0.403 e. The molecule has 222 valence electrons.